The van der Waals surface area contributed by atoms with E-state index in [2.05, 4.69) is 6.58 Å². The van der Waals surface area contributed by atoms with Crippen molar-refractivity contribution in [3.05, 3.63) is 70.3 Å². The second kappa shape index (κ2) is 11.4. The normalized spacial score (nSPS) is 9.70. The Morgan fingerprint density at radius 1 is 1.26 bits per heavy atom. The van der Waals surface area contributed by atoms with E-state index in [1.54, 1.807) is 0 Å². The number of hydrogen-bond acceptors (Lipinski definition) is 4. The monoisotopic (exact) mass is 530 g/mol. The molecule has 2 aromatic rings. The summed E-state index contributed by atoms with van der Waals surface area (Å²) in [5.74, 6) is 0.880. The summed E-state index contributed by atoms with van der Waals surface area (Å²) in [7, 11) is 5.66. The summed E-state index contributed by atoms with van der Waals surface area (Å²) < 4.78 is 16.3. The van der Waals surface area contributed by atoms with Gasteiger partial charge in [-0.3, -0.25) is 0 Å². The van der Waals surface area contributed by atoms with Crippen molar-refractivity contribution in [3.8, 4) is 5.75 Å². The summed E-state index contributed by atoms with van der Waals surface area (Å²) in [6.45, 7) is 8.26. The molecule has 23 heavy (non-hydrogen) atoms. The molecular weight excluding hydrogens is 511 g/mol. The van der Waals surface area contributed by atoms with E-state index in [-0.39, 0.29) is 17.8 Å². The maximum atomic E-state index is 11.9. The van der Waals surface area contributed by atoms with Crippen LogP contribution >= 0.6 is 8.32 Å². The van der Waals surface area contributed by atoms with Gasteiger partial charge < -0.3 is 0 Å². The Balaban J connectivity index is 0.00000127. The molecule has 0 bridgehead atoms. The molecule has 1 aromatic carbocycles. The number of benzene rings is 1. The number of hydrogen-bond donors (Lipinski definition) is 0. The summed E-state index contributed by atoms with van der Waals surface area (Å²) in [6, 6.07) is 11.1. The van der Waals surface area contributed by atoms with Crippen LogP contribution in [0.3, 0.4) is 0 Å². The molecule has 2 rings (SSSR count). The van der Waals surface area contributed by atoms with Crippen LogP contribution in [0.4, 0.5) is 0 Å². The predicted molar refractivity (Wildman–Crippen MR) is 93.6 cm³/mol. The second-order valence-corrected chi connectivity index (χ2v) is 6.88. The van der Waals surface area contributed by atoms with Gasteiger partial charge in [0.1, 0.15) is 0 Å². The van der Waals surface area contributed by atoms with Gasteiger partial charge in [0.05, 0.1) is 0 Å². The Morgan fingerprint density at radius 3 is 2.57 bits per heavy atom. The van der Waals surface area contributed by atoms with E-state index in [1.165, 1.54) is 12.1 Å². The Bertz CT molecular complexity index is 655. The summed E-state index contributed by atoms with van der Waals surface area (Å²) in [5, 5.41) is 0. The van der Waals surface area contributed by atoms with Gasteiger partial charge in [-0.2, -0.15) is 0 Å². The minimum atomic E-state index is -1.72. The van der Waals surface area contributed by atoms with Crippen LogP contribution < -0.4 is 8.12 Å². The molecule has 0 aliphatic heterocycles. The van der Waals surface area contributed by atoms with Gasteiger partial charge in [-0.05, 0) is 0 Å². The fourth-order valence-corrected chi connectivity index (χ4v) is 3.50. The molecule has 0 fully saturated rings. The molecule has 0 aliphatic carbocycles. The van der Waals surface area contributed by atoms with Crippen molar-refractivity contribution in [2.24, 2.45) is 0 Å². The predicted octanol–water partition coefficient (Wildman–Crippen LogP) is 4.18. The van der Waals surface area contributed by atoms with Gasteiger partial charge in [0, 0.05) is 0 Å². The maximum absolute atomic E-state index is 11.9. The summed E-state index contributed by atoms with van der Waals surface area (Å²) >= 11 is -1.72. The first-order valence-corrected chi connectivity index (χ1v) is 13.6. The van der Waals surface area contributed by atoms with Gasteiger partial charge in [0.25, 0.3) is 0 Å². The van der Waals surface area contributed by atoms with Crippen molar-refractivity contribution in [2.75, 3.05) is 0 Å². The third kappa shape index (κ3) is 6.49. The van der Waals surface area contributed by atoms with Crippen LogP contribution in [0.2, 0.25) is 0 Å². The molecule has 0 N–H and O–H groups in total. The van der Waals surface area contributed by atoms with E-state index >= 15 is 0 Å². The fourth-order valence-electron chi connectivity index (χ4n) is 1.74. The molecule has 0 spiro atoms. The number of halogens is 1. The van der Waals surface area contributed by atoms with Crippen molar-refractivity contribution < 1.29 is 11.8 Å². The van der Waals surface area contributed by atoms with Gasteiger partial charge in [-0.25, -0.2) is 0 Å². The van der Waals surface area contributed by atoms with Crippen LogP contribution in [0.15, 0.2) is 52.2 Å². The Hall–Kier alpha value is -1.12. The zero-order chi connectivity index (χ0) is 17.1. The van der Waals surface area contributed by atoms with Crippen molar-refractivity contribution in [1.29, 1.82) is 0 Å². The van der Waals surface area contributed by atoms with Crippen LogP contribution in [-0.4, -0.2) is 23.5 Å². The quantitative estimate of drug-likeness (QED) is 0.505. The summed E-state index contributed by atoms with van der Waals surface area (Å²) in [6.07, 6.45) is 1.44. The molecule has 0 atom stereocenters. The van der Waals surface area contributed by atoms with E-state index in [9.17, 15) is 4.79 Å². The fraction of sp³-hybridized carbons (Fsp3) is 0.235. The van der Waals surface area contributed by atoms with E-state index < -0.39 is 23.5 Å². The summed E-state index contributed by atoms with van der Waals surface area (Å²) in [4.78, 5) is 11.9. The van der Waals surface area contributed by atoms with E-state index in [0.29, 0.717) is 18.1 Å². The van der Waals surface area contributed by atoms with E-state index in [4.69, 9.17) is 20.2 Å². The van der Waals surface area contributed by atoms with E-state index in [0.717, 1.165) is 5.56 Å². The topological polar surface area (TPSA) is 48.7 Å². The first-order valence-electron chi connectivity index (χ1n) is 7.18. The Kier molecular flexibility index (Phi) is 9.90. The van der Waals surface area contributed by atoms with Crippen LogP contribution in [0, 0.1) is 0 Å². The van der Waals surface area contributed by atoms with Crippen LogP contribution in [0.5, 0.6) is 5.75 Å². The molecule has 0 saturated carbocycles. The first kappa shape index (κ1) is 19.9. The average molecular weight is 530 g/mol. The van der Waals surface area contributed by atoms with Gasteiger partial charge in [-0.1, -0.05) is 13.8 Å². The van der Waals surface area contributed by atoms with Crippen LogP contribution in [0.1, 0.15) is 30.9 Å². The molecule has 4 nitrogen and oxygen atoms in total. The van der Waals surface area contributed by atoms with E-state index in [1.807, 2.05) is 44.2 Å². The molecule has 1 aromatic heterocycles. The Labute approximate surface area is 152 Å². The number of ether oxygens (including phenoxy) is 1. The smallest absolute Gasteiger partial charge is 0.0683 e. The second-order valence-electron chi connectivity index (χ2n) is 4.13. The van der Waals surface area contributed by atoms with Crippen LogP contribution in [-0.2, 0) is 18.0 Å². The molecule has 2 radical (unpaired) electrons. The minimum Gasteiger partial charge on any atom is -0.0683 e. The molecule has 0 aliphatic rings. The molecule has 1 heterocycles. The summed E-state index contributed by atoms with van der Waals surface area (Å²) in [5.41, 5.74) is 0.793. The largest absolute Gasteiger partial charge is 0.0683 e. The third-order valence-electron chi connectivity index (χ3n) is 2.66. The molecule has 0 amide bonds. The van der Waals surface area contributed by atoms with Gasteiger partial charge in [-0.15, -0.1) is 0 Å². The number of rotatable bonds is 7. The SMILES string of the molecule is C=Cc1oc(COCc2ccccc2)cc(=O)c1[O][Pb][Cl].CC. The standard InChI is InChI=1S/C15H14O4.C2H6.ClH.Pb/c1-2-14-15(17)13(16)8-12(19-14)10-18-9-11-6-4-3-5-7-11;1-2;;/h2-8,17H,1,9-10H2;1-2H3;1H;/q;;;+2/p-2. The van der Waals surface area contributed by atoms with Crippen LogP contribution in [0.25, 0.3) is 6.08 Å². The van der Waals surface area contributed by atoms with Crippen molar-refractivity contribution in [3.63, 3.8) is 0 Å². The molecular formula is C17H19ClO4Pb. The molecule has 6 heteroatoms. The van der Waals surface area contributed by atoms with Gasteiger partial charge >= 0.3 is 139 Å². The zero-order valence-corrected chi connectivity index (χ0v) is 17.8. The van der Waals surface area contributed by atoms with Crippen molar-refractivity contribution >= 4 is 37.9 Å². The van der Waals surface area contributed by atoms with Crippen molar-refractivity contribution in [1.82, 2.24) is 0 Å². The molecule has 0 saturated heterocycles. The molecule has 0 unspecified atom stereocenters. The molecule has 122 valence electrons. The zero-order valence-electron chi connectivity index (χ0n) is 13.2. The Morgan fingerprint density at radius 2 is 1.96 bits per heavy atom. The average Bonchev–Trinajstić information content (AvgIpc) is 2.60. The van der Waals surface area contributed by atoms with Gasteiger partial charge in [0.15, 0.2) is 0 Å². The maximum Gasteiger partial charge on any atom is -0.0683 e. The minimum absolute atomic E-state index is 0.148. The van der Waals surface area contributed by atoms with Gasteiger partial charge in [0.2, 0.25) is 0 Å². The first-order chi connectivity index (χ1) is 11.2. The third-order valence-corrected chi connectivity index (χ3v) is 4.43. The van der Waals surface area contributed by atoms with Crippen molar-refractivity contribution in [2.45, 2.75) is 27.1 Å².